The van der Waals surface area contributed by atoms with Gasteiger partial charge in [0.05, 0.1) is 3.79 Å². The third-order valence-corrected chi connectivity index (χ3v) is 4.27. The average Bonchev–Trinajstić information content (AvgIpc) is 2.75. The number of aryl methyl sites for hydroxylation is 1. The Balaban J connectivity index is 1.76. The van der Waals surface area contributed by atoms with Crippen molar-refractivity contribution in [1.82, 2.24) is 0 Å². The van der Waals surface area contributed by atoms with Gasteiger partial charge < -0.3 is 10.4 Å². The van der Waals surface area contributed by atoms with Crippen molar-refractivity contribution >= 4 is 38.9 Å². The van der Waals surface area contributed by atoms with Gasteiger partial charge >= 0.3 is 0 Å². The Bertz CT molecular complexity index is 568. The number of benzene rings is 1. The van der Waals surface area contributed by atoms with Gasteiger partial charge in [-0.25, -0.2) is 0 Å². The maximum Gasteiger partial charge on any atom is 0.224 e. The van der Waals surface area contributed by atoms with Crippen LogP contribution in [0, 0.1) is 0 Å². The fourth-order valence-electron chi connectivity index (χ4n) is 1.72. The molecular formula is C14H14BrNO2S. The molecule has 2 rings (SSSR count). The number of hydrogen-bond acceptors (Lipinski definition) is 3. The van der Waals surface area contributed by atoms with Gasteiger partial charge in [-0.15, -0.1) is 11.3 Å². The normalized spacial score (nSPS) is 10.4. The lowest BCUT2D eigenvalue weighted by molar-refractivity contribution is -0.116. The molecule has 0 spiro atoms. The highest BCUT2D eigenvalue weighted by Crippen LogP contribution is 2.23. The lowest BCUT2D eigenvalue weighted by atomic mass is 10.2. The van der Waals surface area contributed by atoms with Gasteiger partial charge in [-0.05, 0) is 53.0 Å². The van der Waals surface area contributed by atoms with E-state index in [0.717, 1.165) is 16.6 Å². The van der Waals surface area contributed by atoms with Crippen molar-refractivity contribution in [1.29, 1.82) is 0 Å². The first-order valence-electron chi connectivity index (χ1n) is 5.96. The van der Waals surface area contributed by atoms with Gasteiger partial charge in [-0.3, -0.25) is 4.79 Å². The smallest absolute Gasteiger partial charge is 0.224 e. The van der Waals surface area contributed by atoms with Crippen LogP contribution in [-0.4, -0.2) is 11.0 Å². The number of rotatable bonds is 5. The number of aromatic hydroxyl groups is 1. The minimum absolute atomic E-state index is 0.0266. The second kappa shape index (κ2) is 6.73. The second-order valence-corrected chi connectivity index (χ2v) is 6.71. The van der Waals surface area contributed by atoms with Gasteiger partial charge in [0.25, 0.3) is 0 Å². The first-order chi connectivity index (χ1) is 9.13. The van der Waals surface area contributed by atoms with Crippen LogP contribution >= 0.6 is 27.3 Å². The SMILES string of the molecule is O=C(CCCc1ccc(Br)s1)Nc1cccc(O)c1. The Morgan fingerprint density at radius 2 is 2.16 bits per heavy atom. The van der Waals surface area contributed by atoms with E-state index in [1.165, 1.54) is 10.9 Å². The number of amides is 1. The molecule has 1 amide bonds. The quantitative estimate of drug-likeness (QED) is 0.858. The summed E-state index contributed by atoms with van der Waals surface area (Å²) in [5, 5.41) is 12.1. The van der Waals surface area contributed by atoms with Gasteiger partial charge in [0.15, 0.2) is 0 Å². The van der Waals surface area contributed by atoms with Crippen molar-refractivity contribution in [2.75, 3.05) is 5.32 Å². The van der Waals surface area contributed by atoms with Crippen molar-refractivity contribution in [3.63, 3.8) is 0 Å². The number of nitrogens with one attached hydrogen (secondary N) is 1. The third kappa shape index (κ3) is 4.69. The predicted molar refractivity (Wildman–Crippen MR) is 81.7 cm³/mol. The van der Waals surface area contributed by atoms with Gasteiger partial charge in [0.2, 0.25) is 5.91 Å². The second-order valence-electron chi connectivity index (χ2n) is 4.16. The predicted octanol–water partition coefficient (Wildman–Crippen LogP) is 4.18. The highest BCUT2D eigenvalue weighted by Gasteiger charge is 2.04. The highest BCUT2D eigenvalue weighted by atomic mass is 79.9. The molecule has 0 atom stereocenters. The molecule has 0 fully saturated rings. The number of phenols is 1. The van der Waals surface area contributed by atoms with E-state index < -0.39 is 0 Å². The van der Waals surface area contributed by atoms with Crippen molar-refractivity contribution in [3.8, 4) is 5.75 Å². The van der Waals surface area contributed by atoms with Crippen molar-refractivity contribution < 1.29 is 9.90 Å². The Morgan fingerprint density at radius 1 is 1.32 bits per heavy atom. The molecule has 0 saturated carbocycles. The molecule has 0 radical (unpaired) electrons. The summed E-state index contributed by atoms with van der Waals surface area (Å²) in [6, 6.07) is 10.7. The van der Waals surface area contributed by atoms with E-state index in [4.69, 9.17) is 0 Å². The van der Waals surface area contributed by atoms with Crippen LogP contribution in [0.3, 0.4) is 0 Å². The van der Waals surface area contributed by atoms with Gasteiger partial charge in [-0.1, -0.05) is 6.07 Å². The Labute approximate surface area is 124 Å². The molecule has 0 aliphatic heterocycles. The molecule has 0 unspecified atom stereocenters. The molecule has 1 heterocycles. The summed E-state index contributed by atoms with van der Waals surface area (Å²) in [6.45, 7) is 0. The van der Waals surface area contributed by atoms with Crippen LogP contribution in [0.25, 0.3) is 0 Å². The maximum absolute atomic E-state index is 11.7. The molecule has 3 nitrogen and oxygen atoms in total. The molecule has 0 bridgehead atoms. The van der Waals surface area contributed by atoms with E-state index >= 15 is 0 Å². The largest absolute Gasteiger partial charge is 0.508 e. The summed E-state index contributed by atoms with van der Waals surface area (Å²) in [7, 11) is 0. The standard InChI is InChI=1S/C14H14BrNO2S/c15-13-8-7-12(19-13)5-2-6-14(18)16-10-3-1-4-11(17)9-10/h1,3-4,7-9,17H,2,5-6H2,(H,16,18). The van der Waals surface area contributed by atoms with Crippen molar-refractivity contribution in [2.24, 2.45) is 0 Å². The van der Waals surface area contributed by atoms with Crippen LogP contribution in [-0.2, 0) is 11.2 Å². The first-order valence-corrected chi connectivity index (χ1v) is 7.57. The average molecular weight is 340 g/mol. The molecule has 1 aromatic heterocycles. The summed E-state index contributed by atoms with van der Waals surface area (Å²) in [4.78, 5) is 13.0. The highest BCUT2D eigenvalue weighted by molar-refractivity contribution is 9.11. The number of thiophene rings is 1. The summed E-state index contributed by atoms with van der Waals surface area (Å²) in [6.07, 6.45) is 2.20. The number of carbonyl (C=O) groups is 1. The summed E-state index contributed by atoms with van der Waals surface area (Å²) in [5.74, 6) is 0.127. The fraction of sp³-hybridized carbons (Fsp3) is 0.214. The molecule has 1 aromatic carbocycles. The Hall–Kier alpha value is -1.33. The zero-order valence-corrected chi connectivity index (χ0v) is 12.6. The van der Waals surface area contributed by atoms with Crippen LogP contribution in [0.4, 0.5) is 5.69 Å². The zero-order valence-electron chi connectivity index (χ0n) is 10.2. The van der Waals surface area contributed by atoms with Gasteiger partial charge in [0, 0.05) is 23.1 Å². The van der Waals surface area contributed by atoms with E-state index in [-0.39, 0.29) is 11.7 Å². The number of anilines is 1. The molecule has 0 aliphatic carbocycles. The molecule has 2 aromatic rings. The van der Waals surface area contributed by atoms with Crippen LogP contribution < -0.4 is 5.32 Å². The lowest BCUT2D eigenvalue weighted by Gasteiger charge is -2.05. The minimum atomic E-state index is -0.0266. The van der Waals surface area contributed by atoms with E-state index in [9.17, 15) is 9.90 Å². The molecule has 100 valence electrons. The van der Waals surface area contributed by atoms with E-state index in [1.54, 1.807) is 29.5 Å². The van der Waals surface area contributed by atoms with Crippen LogP contribution in [0.2, 0.25) is 0 Å². The number of phenolic OH excluding ortho intramolecular Hbond substituents is 1. The van der Waals surface area contributed by atoms with Crippen LogP contribution in [0.15, 0.2) is 40.2 Å². The monoisotopic (exact) mass is 339 g/mol. The van der Waals surface area contributed by atoms with E-state index in [1.807, 2.05) is 6.07 Å². The minimum Gasteiger partial charge on any atom is -0.508 e. The number of halogens is 1. The zero-order chi connectivity index (χ0) is 13.7. The third-order valence-electron chi connectivity index (χ3n) is 2.59. The number of carbonyl (C=O) groups excluding carboxylic acids is 1. The van der Waals surface area contributed by atoms with Gasteiger partial charge in [-0.2, -0.15) is 0 Å². The van der Waals surface area contributed by atoms with E-state index in [2.05, 4.69) is 27.3 Å². The van der Waals surface area contributed by atoms with E-state index in [0.29, 0.717) is 12.1 Å². The lowest BCUT2D eigenvalue weighted by Crippen LogP contribution is -2.11. The first kappa shape index (κ1) is 14.1. The molecule has 2 N–H and O–H groups in total. The van der Waals surface area contributed by atoms with Crippen LogP contribution in [0.5, 0.6) is 5.75 Å². The van der Waals surface area contributed by atoms with Crippen LogP contribution in [0.1, 0.15) is 17.7 Å². The van der Waals surface area contributed by atoms with Gasteiger partial charge in [0.1, 0.15) is 5.75 Å². The van der Waals surface area contributed by atoms with Crippen molar-refractivity contribution in [2.45, 2.75) is 19.3 Å². The molecule has 19 heavy (non-hydrogen) atoms. The summed E-state index contributed by atoms with van der Waals surface area (Å²) in [5.41, 5.74) is 0.629. The summed E-state index contributed by atoms with van der Waals surface area (Å²) < 4.78 is 1.12. The molecule has 0 saturated heterocycles. The maximum atomic E-state index is 11.7. The Morgan fingerprint density at radius 3 is 2.84 bits per heavy atom. The van der Waals surface area contributed by atoms with Crippen molar-refractivity contribution in [3.05, 3.63) is 45.1 Å². The fourth-order valence-corrected chi connectivity index (χ4v) is 3.24. The molecular weight excluding hydrogens is 326 g/mol. The summed E-state index contributed by atoms with van der Waals surface area (Å²) >= 11 is 5.12. The molecule has 5 heteroatoms. The topological polar surface area (TPSA) is 49.3 Å². The number of hydrogen-bond donors (Lipinski definition) is 2. The Kier molecular flexibility index (Phi) is 4.99. The molecule has 0 aliphatic rings.